The van der Waals surface area contributed by atoms with Crippen LogP contribution in [0.1, 0.15) is 30.7 Å². The molecular formula is C14H20N4. The van der Waals surface area contributed by atoms with Gasteiger partial charge in [-0.3, -0.25) is 4.98 Å². The van der Waals surface area contributed by atoms with Crippen LogP contribution in [-0.4, -0.2) is 20.6 Å². The van der Waals surface area contributed by atoms with E-state index < -0.39 is 0 Å². The van der Waals surface area contributed by atoms with Crippen molar-refractivity contribution in [2.24, 2.45) is 0 Å². The summed E-state index contributed by atoms with van der Waals surface area (Å²) in [4.78, 5) is 8.56. The van der Waals surface area contributed by atoms with Crippen molar-refractivity contribution >= 4 is 0 Å². The number of aryl methyl sites for hydroxylation is 1. The Hall–Kier alpha value is -1.68. The summed E-state index contributed by atoms with van der Waals surface area (Å²) in [5.41, 5.74) is 3.57. The average Bonchev–Trinajstić information content (AvgIpc) is 2.77. The van der Waals surface area contributed by atoms with Gasteiger partial charge in [0.1, 0.15) is 0 Å². The number of aromatic nitrogens is 3. The number of rotatable bonds is 5. The molecule has 0 aliphatic rings. The molecule has 0 aromatic carbocycles. The molecule has 4 heteroatoms. The number of hydrogen-bond acceptors (Lipinski definition) is 3. The molecule has 0 aliphatic heterocycles. The van der Waals surface area contributed by atoms with E-state index >= 15 is 0 Å². The lowest BCUT2D eigenvalue weighted by molar-refractivity contribution is 0.582. The van der Waals surface area contributed by atoms with Crippen LogP contribution in [0.3, 0.4) is 0 Å². The summed E-state index contributed by atoms with van der Waals surface area (Å²) in [5.74, 6) is 0. The Morgan fingerprint density at radius 2 is 2.22 bits per heavy atom. The molecule has 2 aromatic heterocycles. The second-order valence-corrected chi connectivity index (χ2v) is 4.88. The second-order valence-electron chi connectivity index (χ2n) is 4.88. The fourth-order valence-corrected chi connectivity index (χ4v) is 1.75. The van der Waals surface area contributed by atoms with Crippen LogP contribution >= 0.6 is 0 Å². The Morgan fingerprint density at radius 3 is 2.94 bits per heavy atom. The van der Waals surface area contributed by atoms with Gasteiger partial charge in [0.05, 0.1) is 18.6 Å². The van der Waals surface area contributed by atoms with Gasteiger partial charge in [0.15, 0.2) is 0 Å². The van der Waals surface area contributed by atoms with E-state index in [9.17, 15) is 0 Å². The fraction of sp³-hybridized carbons (Fsp3) is 0.429. The van der Waals surface area contributed by atoms with Crippen LogP contribution in [0.4, 0.5) is 0 Å². The van der Waals surface area contributed by atoms with Crippen LogP contribution in [0.15, 0.2) is 31.0 Å². The zero-order valence-corrected chi connectivity index (χ0v) is 11.2. The van der Waals surface area contributed by atoms with E-state index in [0.717, 1.165) is 18.8 Å². The van der Waals surface area contributed by atoms with Gasteiger partial charge in [-0.2, -0.15) is 0 Å². The molecule has 96 valence electrons. The van der Waals surface area contributed by atoms with E-state index in [1.165, 1.54) is 11.1 Å². The third-order valence-corrected chi connectivity index (χ3v) is 2.88. The smallest absolute Gasteiger partial charge is 0.0953 e. The Labute approximate surface area is 108 Å². The van der Waals surface area contributed by atoms with Gasteiger partial charge in [-0.05, 0) is 24.1 Å². The van der Waals surface area contributed by atoms with Gasteiger partial charge in [0, 0.05) is 31.2 Å². The minimum atomic E-state index is 0.482. The summed E-state index contributed by atoms with van der Waals surface area (Å²) in [7, 11) is 0. The van der Waals surface area contributed by atoms with Crippen molar-refractivity contribution in [3.8, 4) is 0 Å². The van der Waals surface area contributed by atoms with Crippen molar-refractivity contribution in [3.63, 3.8) is 0 Å². The zero-order valence-electron chi connectivity index (χ0n) is 11.2. The van der Waals surface area contributed by atoms with Crippen LogP contribution in [0, 0.1) is 6.92 Å². The van der Waals surface area contributed by atoms with E-state index in [-0.39, 0.29) is 0 Å². The molecule has 2 aromatic rings. The minimum Gasteiger partial charge on any atom is -0.333 e. The first-order valence-corrected chi connectivity index (χ1v) is 6.28. The minimum absolute atomic E-state index is 0.482. The molecule has 0 aliphatic carbocycles. The van der Waals surface area contributed by atoms with E-state index in [2.05, 4.69) is 46.8 Å². The third kappa shape index (κ3) is 3.40. The predicted octanol–water partition coefficient (Wildman–Crippen LogP) is 2.13. The van der Waals surface area contributed by atoms with Crippen molar-refractivity contribution in [1.82, 2.24) is 19.9 Å². The molecular weight excluding hydrogens is 224 g/mol. The van der Waals surface area contributed by atoms with Crippen LogP contribution in [0.5, 0.6) is 0 Å². The molecule has 0 atom stereocenters. The SMILES string of the molecule is Cc1ccncc1Cn1cnc(CNC(C)C)c1. The molecule has 0 amide bonds. The first kappa shape index (κ1) is 12.8. The highest BCUT2D eigenvalue weighted by atomic mass is 15.0. The molecule has 18 heavy (non-hydrogen) atoms. The quantitative estimate of drug-likeness (QED) is 0.876. The summed E-state index contributed by atoms with van der Waals surface area (Å²) in [6.07, 6.45) is 7.71. The van der Waals surface area contributed by atoms with Gasteiger partial charge >= 0.3 is 0 Å². The lowest BCUT2D eigenvalue weighted by Crippen LogP contribution is -2.21. The second kappa shape index (κ2) is 5.78. The standard InChI is InChI=1S/C14H20N4/c1-11(2)16-7-14-9-18(10-17-14)8-13-6-15-5-4-12(13)3/h4-6,9-11,16H,7-8H2,1-3H3. The van der Waals surface area contributed by atoms with Crippen molar-refractivity contribution in [3.05, 3.63) is 47.8 Å². The molecule has 0 saturated carbocycles. The van der Waals surface area contributed by atoms with Gasteiger partial charge in [0.2, 0.25) is 0 Å². The summed E-state index contributed by atoms with van der Waals surface area (Å²) >= 11 is 0. The summed E-state index contributed by atoms with van der Waals surface area (Å²) in [6, 6.07) is 2.52. The van der Waals surface area contributed by atoms with Crippen molar-refractivity contribution in [2.45, 2.75) is 39.9 Å². The highest BCUT2D eigenvalue weighted by Gasteiger charge is 2.02. The topological polar surface area (TPSA) is 42.7 Å². The van der Waals surface area contributed by atoms with E-state index in [0.29, 0.717) is 6.04 Å². The zero-order chi connectivity index (χ0) is 13.0. The number of nitrogens with one attached hydrogen (secondary N) is 1. The number of pyridine rings is 1. The van der Waals surface area contributed by atoms with E-state index in [4.69, 9.17) is 0 Å². The Balaban J connectivity index is 2.00. The van der Waals surface area contributed by atoms with E-state index in [1.807, 2.05) is 24.8 Å². The molecule has 1 N–H and O–H groups in total. The first-order chi connectivity index (χ1) is 8.65. The van der Waals surface area contributed by atoms with Gasteiger partial charge in [-0.1, -0.05) is 13.8 Å². The van der Waals surface area contributed by atoms with Crippen LogP contribution < -0.4 is 5.32 Å². The Kier molecular flexibility index (Phi) is 4.10. The molecule has 2 rings (SSSR count). The normalized spacial score (nSPS) is 11.1. The Morgan fingerprint density at radius 1 is 1.39 bits per heavy atom. The number of imidazole rings is 1. The molecule has 0 bridgehead atoms. The highest BCUT2D eigenvalue weighted by Crippen LogP contribution is 2.08. The molecule has 0 spiro atoms. The van der Waals surface area contributed by atoms with Gasteiger partial charge in [-0.15, -0.1) is 0 Å². The molecule has 0 fully saturated rings. The highest BCUT2D eigenvalue weighted by molar-refractivity contribution is 5.21. The first-order valence-electron chi connectivity index (χ1n) is 6.28. The molecule has 4 nitrogen and oxygen atoms in total. The maximum atomic E-state index is 4.39. The molecule has 0 radical (unpaired) electrons. The van der Waals surface area contributed by atoms with Crippen LogP contribution in [0.25, 0.3) is 0 Å². The summed E-state index contributed by atoms with van der Waals surface area (Å²) < 4.78 is 2.10. The predicted molar refractivity (Wildman–Crippen MR) is 72.3 cm³/mol. The number of hydrogen-bond donors (Lipinski definition) is 1. The maximum absolute atomic E-state index is 4.39. The molecule has 2 heterocycles. The fourth-order valence-electron chi connectivity index (χ4n) is 1.75. The lowest BCUT2D eigenvalue weighted by atomic mass is 10.1. The van der Waals surface area contributed by atoms with Gasteiger partial charge < -0.3 is 9.88 Å². The molecule has 0 unspecified atom stereocenters. The lowest BCUT2D eigenvalue weighted by Gasteiger charge is -2.06. The van der Waals surface area contributed by atoms with Crippen molar-refractivity contribution < 1.29 is 0 Å². The largest absolute Gasteiger partial charge is 0.333 e. The number of nitrogens with zero attached hydrogens (tertiary/aromatic N) is 3. The van der Waals surface area contributed by atoms with Crippen LogP contribution in [0.2, 0.25) is 0 Å². The van der Waals surface area contributed by atoms with Crippen LogP contribution in [-0.2, 0) is 13.1 Å². The van der Waals surface area contributed by atoms with Crippen molar-refractivity contribution in [2.75, 3.05) is 0 Å². The monoisotopic (exact) mass is 244 g/mol. The molecule has 0 saturated heterocycles. The van der Waals surface area contributed by atoms with Gasteiger partial charge in [0.25, 0.3) is 0 Å². The van der Waals surface area contributed by atoms with Crippen molar-refractivity contribution in [1.29, 1.82) is 0 Å². The summed E-state index contributed by atoms with van der Waals surface area (Å²) in [6.45, 7) is 8.02. The maximum Gasteiger partial charge on any atom is 0.0953 e. The average molecular weight is 244 g/mol. The third-order valence-electron chi connectivity index (χ3n) is 2.88. The Bertz CT molecular complexity index is 502. The summed E-state index contributed by atoms with van der Waals surface area (Å²) in [5, 5.41) is 3.36. The van der Waals surface area contributed by atoms with Gasteiger partial charge in [-0.25, -0.2) is 4.98 Å². The van der Waals surface area contributed by atoms with E-state index in [1.54, 1.807) is 0 Å².